The standard InChI is InChI=1S/C12H13ClN6O2/c1-3-4-21-11-9(13)5-8(6-10(11)20-2)7-15-19-12(14)16-17-18-19/h3,5-7H,1,4H2,2H3,(H2,14,16,18)/b15-7+. The first-order chi connectivity index (χ1) is 10.2. The van der Waals surface area contributed by atoms with Gasteiger partial charge in [-0.15, -0.1) is 0 Å². The molecule has 21 heavy (non-hydrogen) atoms. The van der Waals surface area contributed by atoms with E-state index in [0.29, 0.717) is 28.7 Å². The Kier molecular flexibility index (Phi) is 4.72. The Balaban J connectivity index is 2.29. The molecule has 0 fully saturated rings. The summed E-state index contributed by atoms with van der Waals surface area (Å²) in [6, 6.07) is 3.39. The number of nitrogen functional groups attached to an aromatic ring is 1. The van der Waals surface area contributed by atoms with Gasteiger partial charge in [0, 0.05) is 5.56 Å². The van der Waals surface area contributed by atoms with Crippen molar-refractivity contribution >= 4 is 23.8 Å². The highest BCUT2D eigenvalue weighted by atomic mass is 35.5. The predicted molar refractivity (Wildman–Crippen MR) is 78.9 cm³/mol. The Labute approximate surface area is 125 Å². The van der Waals surface area contributed by atoms with Gasteiger partial charge in [-0.2, -0.15) is 5.10 Å². The van der Waals surface area contributed by atoms with Gasteiger partial charge in [0.05, 0.1) is 18.3 Å². The van der Waals surface area contributed by atoms with Gasteiger partial charge in [-0.3, -0.25) is 0 Å². The van der Waals surface area contributed by atoms with Crippen molar-refractivity contribution in [2.45, 2.75) is 0 Å². The van der Waals surface area contributed by atoms with Crippen LogP contribution in [0.15, 0.2) is 29.9 Å². The minimum atomic E-state index is 0.0789. The number of rotatable bonds is 6. The topological polar surface area (TPSA) is 100 Å². The Morgan fingerprint density at radius 2 is 2.33 bits per heavy atom. The van der Waals surface area contributed by atoms with E-state index in [2.05, 4.69) is 27.2 Å². The molecule has 0 bridgehead atoms. The fourth-order valence-corrected chi connectivity index (χ4v) is 1.76. The Hall–Kier alpha value is -2.61. The molecule has 2 N–H and O–H groups in total. The van der Waals surface area contributed by atoms with Crippen molar-refractivity contribution in [2.24, 2.45) is 5.10 Å². The third-order valence-corrected chi connectivity index (χ3v) is 2.67. The second-order valence-electron chi connectivity index (χ2n) is 3.80. The fourth-order valence-electron chi connectivity index (χ4n) is 1.49. The van der Waals surface area contributed by atoms with E-state index in [1.165, 1.54) is 13.3 Å². The Bertz CT molecular complexity index is 670. The number of hydrogen-bond donors (Lipinski definition) is 1. The van der Waals surface area contributed by atoms with Crippen molar-refractivity contribution in [3.8, 4) is 11.5 Å². The molecule has 110 valence electrons. The van der Waals surface area contributed by atoms with Crippen LogP contribution in [0.2, 0.25) is 5.02 Å². The normalized spacial score (nSPS) is 10.8. The van der Waals surface area contributed by atoms with E-state index >= 15 is 0 Å². The molecule has 0 aliphatic rings. The highest BCUT2D eigenvalue weighted by Gasteiger charge is 2.11. The summed E-state index contributed by atoms with van der Waals surface area (Å²) >= 11 is 6.17. The molecule has 1 aromatic heterocycles. The molecule has 0 aliphatic heterocycles. The van der Waals surface area contributed by atoms with E-state index in [1.807, 2.05) is 0 Å². The number of nitrogens with zero attached hydrogens (tertiary/aromatic N) is 5. The lowest BCUT2D eigenvalue weighted by Crippen LogP contribution is -2.01. The molecular formula is C12H13ClN6O2. The molecule has 1 aromatic carbocycles. The zero-order chi connectivity index (χ0) is 15.2. The van der Waals surface area contributed by atoms with E-state index in [1.54, 1.807) is 18.2 Å². The fraction of sp³-hybridized carbons (Fsp3) is 0.167. The predicted octanol–water partition coefficient (Wildman–Crippen LogP) is 1.36. The summed E-state index contributed by atoms with van der Waals surface area (Å²) in [4.78, 5) is 1.09. The maximum atomic E-state index is 6.17. The first-order valence-electron chi connectivity index (χ1n) is 5.85. The van der Waals surface area contributed by atoms with Gasteiger partial charge in [0.15, 0.2) is 11.5 Å². The maximum absolute atomic E-state index is 6.17. The summed E-state index contributed by atoms with van der Waals surface area (Å²) in [6.07, 6.45) is 3.12. The van der Waals surface area contributed by atoms with Gasteiger partial charge in [-0.1, -0.05) is 34.1 Å². The quantitative estimate of drug-likeness (QED) is 0.639. The maximum Gasteiger partial charge on any atom is 0.263 e. The lowest BCUT2D eigenvalue weighted by molar-refractivity contribution is 0.326. The third-order valence-electron chi connectivity index (χ3n) is 2.39. The van der Waals surface area contributed by atoms with Crippen LogP contribution in [0, 0.1) is 0 Å². The molecule has 0 aliphatic carbocycles. The van der Waals surface area contributed by atoms with Crippen LogP contribution in [-0.2, 0) is 0 Å². The number of halogens is 1. The first-order valence-corrected chi connectivity index (χ1v) is 6.23. The SMILES string of the molecule is C=CCOc1c(Cl)cc(/C=N/n2nnnc2N)cc1OC. The van der Waals surface area contributed by atoms with Crippen LogP contribution < -0.4 is 15.2 Å². The Morgan fingerprint density at radius 3 is 2.95 bits per heavy atom. The zero-order valence-electron chi connectivity index (χ0n) is 11.2. The van der Waals surface area contributed by atoms with Crippen molar-refractivity contribution < 1.29 is 9.47 Å². The summed E-state index contributed by atoms with van der Waals surface area (Å²) < 4.78 is 10.7. The second kappa shape index (κ2) is 6.71. The molecule has 0 unspecified atom stereocenters. The van der Waals surface area contributed by atoms with Gasteiger partial charge in [0.1, 0.15) is 6.61 Å². The van der Waals surface area contributed by atoms with Crippen LogP contribution >= 0.6 is 11.6 Å². The molecule has 8 nitrogen and oxygen atoms in total. The van der Waals surface area contributed by atoms with Crippen molar-refractivity contribution in [3.05, 3.63) is 35.4 Å². The summed E-state index contributed by atoms with van der Waals surface area (Å²) in [7, 11) is 1.52. The summed E-state index contributed by atoms with van der Waals surface area (Å²) in [5, 5.41) is 14.9. The van der Waals surface area contributed by atoms with Gasteiger partial charge >= 0.3 is 0 Å². The molecule has 9 heteroatoms. The number of benzene rings is 1. The minimum Gasteiger partial charge on any atom is -0.493 e. The average Bonchev–Trinajstić information content (AvgIpc) is 2.88. The number of anilines is 1. The van der Waals surface area contributed by atoms with Crippen LogP contribution in [0.25, 0.3) is 0 Å². The number of ether oxygens (including phenoxy) is 2. The molecular weight excluding hydrogens is 296 g/mol. The van der Waals surface area contributed by atoms with Gasteiger partial charge in [0.2, 0.25) is 0 Å². The number of nitrogens with two attached hydrogens (primary N) is 1. The molecule has 0 saturated heterocycles. The second-order valence-corrected chi connectivity index (χ2v) is 4.21. The highest BCUT2D eigenvalue weighted by molar-refractivity contribution is 6.32. The summed E-state index contributed by atoms with van der Waals surface area (Å²) in [5.74, 6) is 1.00. The molecule has 0 atom stereocenters. The third kappa shape index (κ3) is 3.48. The van der Waals surface area contributed by atoms with E-state index in [-0.39, 0.29) is 5.95 Å². The van der Waals surface area contributed by atoms with E-state index in [4.69, 9.17) is 26.8 Å². The lowest BCUT2D eigenvalue weighted by atomic mass is 10.2. The average molecular weight is 309 g/mol. The van der Waals surface area contributed by atoms with Gasteiger partial charge < -0.3 is 15.2 Å². The van der Waals surface area contributed by atoms with Crippen molar-refractivity contribution in [1.82, 2.24) is 20.3 Å². The minimum absolute atomic E-state index is 0.0789. The number of tetrazole rings is 1. The molecule has 0 radical (unpaired) electrons. The molecule has 1 heterocycles. The van der Waals surface area contributed by atoms with Gasteiger partial charge in [-0.05, 0) is 22.6 Å². The molecule has 0 saturated carbocycles. The smallest absolute Gasteiger partial charge is 0.263 e. The van der Waals surface area contributed by atoms with Crippen LogP contribution in [-0.4, -0.2) is 40.2 Å². The van der Waals surface area contributed by atoms with E-state index in [9.17, 15) is 0 Å². The largest absolute Gasteiger partial charge is 0.493 e. The van der Waals surface area contributed by atoms with E-state index in [0.717, 1.165) is 4.79 Å². The number of methoxy groups -OCH3 is 1. The highest BCUT2D eigenvalue weighted by Crippen LogP contribution is 2.36. The lowest BCUT2D eigenvalue weighted by Gasteiger charge is -2.11. The number of hydrogen-bond acceptors (Lipinski definition) is 7. The number of aromatic nitrogens is 4. The van der Waals surface area contributed by atoms with Gasteiger partial charge in [0.25, 0.3) is 5.95 Å². The van der Waals surface area contributed by atoms with E-state index < -0.39 is 0 Å². The Morgan fingerprint density at radius 1 is 1.52 bits per heavy atom. The first kappa shape index (κ1) is 14.8. The monoisotopic (exact) mass is 308 g/mol. The molecule has 2 aromatic rings. The van der Waals surface area contributed by atoms with Crippen molar-refractivity contribution in [1.29, 1.82) is 0 Å². The van der Waals surface area contributed by atoms with Crippen LogP contribution in [0.3, 0.4) is 0 Å². The zero-order valence-corrected chi connectivity index (χ0v) is 12.0. The molecule has 0 spiro atoms. The molecule has 0 amide bonds. The molecule has 2 rings (SSSR count). The summed E-state index contributed by atoms with van der Waals surface area (Å²) in [5.41, 5.74) is 6.18. The van der Waals surface area contributed by atoms with Gasteiger partial charge in [-0.25, -0.2) is 0 Å². The van der Waals surface area contributed by atoms with Crippen molar-refractivity contribution in [2.75, 3.05) is 19.5 Å². The van der Waals surface area contributed by atoms with Crippen LogP contribution in [0.1, 0.15) is 5.56 Å². The van der Waals surface area contributed by atoms with Crippen LogP contribution in [0.4, 0.5) is 5.95 Å². The summed E-state index contributed by atoms with van der Waals surface area (Å²) in [6.45, 7) is 3.91. The van der Waals surface area contributed by atoms with Crippen LogP contribution in [0.5, 0.6) is 11.5 Å². The van der Waals surface area contributed by atoms with Crippen molar-refractivity contribution in [3.63, 3.8) is 0 Å².